The van der Waals surface area contributed by atoms with Crippen LogP contribution in [-0.2, 0) is 9.09 Å². The first-order valence-corrected chi connectivity index (χ1v) is 4.94. The fourth-order valence-electron chi connectivity index (χ4n) is 0.721. The van der Waals surface area contributed by atoms with Gasteiger partial charge in [0, 0.05) is 12.8 Å². The Morgan fingerprint density at radius 1 is 1.42 bits per heavy atom. The van der Waals surface area contributed by atoms with Crippen LogP contribution in [0.4, 0.5) is 5.69 Å². The number of hydrogen-bond acceptors (Lipinski definition) is 2. The molecule has 0 heterocycles. The highest BCUT2D eigenvalue weighted by atomic mass is 31.2. The quantitative estimate of drug-likeness (QED) is 0.709. The molecule has 0 amide bonds. The van der Waals surface area contributed by atoms with E-state index in [1.807, 2.05) is 6.07 Å². The largest absolute Gasteiger partial charge is 0.429 e. The van der Waals surface area contributed by atoms with Crippen LogP contribution in [0.1, 0.15) is 0 Å². The molecule has 5 heteroatoms. The van der Waals surface area contributed by atoms with Crippen LogP contribution in [0.15, 0.2) is 30.3 Å². The lowest BCUT2D eigenvalue weighted by atomic mass is 10.3. The Kier molecular flexibility index (Phi) is 2.87. The molecule has 1 aromatic rings. The molecule has 0 bridgehead atoms. The minimum Gasteiger partial charge on any atom is -0.308 e. The van der Waals surface area contributed by atoms with Crippen molar-refractivity contribution in [3.63, 3.8) is 0 Å². The van der Waals surface area contributed by atoms with Crippen LogP contribution in [0.5, 0.6) is 0 Å². The molecule has 0 aliphatic heterocycles. The predicted octanol–water partition coefficient (Wildman–Crippen LogP) is 1.85. The lowest BCUT2D eigenvalue weighted by Gasteiger charge is -2.10. The molecule has 0 aliphatic rings. The Balaban J connectivity index is 2.71. The molecule has 4 nitrogen and oxygen atoms in total. The highest BCUT2D eigenvalue weighted by molar-refractivity contribution is 7.54. The first-order chi connectivity index (χ1) is 5.64. The highest BCUT2D eigenvalue weighted by Gasteiger charge is 2.15. The molecule has 0 radical (unpaired) electrons. The van der Waals surface area contributed by atoms with Gasteiger partial charge in [0.2, 0.25) is 0 Å². The van der Waals surface area contributed by atoms with Crippen molar-refractivity contribution in [3.05, 3.63) is 30.3 Å². The van der Waals surface area contributed by atoms with E-state index in [2.05, 4.69) is 9.61 Å². The predicted molar refractivity (Wildman–Crippen MR) is 46.9 cm³/mol. The van der Waals surface area contributed by atoms with Crippen LogP contribution in [0, 0.1) is 0 Å². The van der Waals surface area contributed by atoms with Gasteiger partial charge in [-0.3, -0.25) is 9.61 Å². The van der Waals surface area contributed by atoms with E-state index in [4.69, 9.17) is 4.89 Å². The second kappa shape index (κ2) is 3.72. The fraction of sp³-hybridized carbons (Fsp3) is 0.143. The molecule has 66 valence electrons. The summed E-state index contributed by atoms with van der Waals surface area (Å²) in [4.78, 5) is 9.00. The number of nitrogens with one attached hydrogen (secondary N) is 1. The van der Waals surface area contributed by atoms with Crippen molar-refractivity contribution in [2.24, 2.45) is 0 Å². The summed E-state index contributed by atoms with van der Waals surface area (Å²) in [6.07, 6.45) is 0. The van der Waals surface area contributed by atoms with Gasteiger partial charge in [0.25, 0.3) is 0 Å². The third kappa shape index (κ3) is 2.66. The Morgan fingerprint density at radius 2 is 2.00 bits per heavy atom. The summed E-state index contributed by atoms with van der Waals surface area (Å²) < 4.78 is 15.3. The zero-order valence-corrected chi connectivity index (χ0v) is 7.49. The molecule has 0 spiro atoms. The summed E-state index contributed by atoms with van der Waals surface area (Å²) in [5.74, 6) is 0. The average molecular weight is 187 g/mol. The van der Waals surface area contributed by atoms with Crippen LogP contribution in [0.3, 0.4) is 0 Å². The van der Waals surface area contributed by atoms with Gasteiger partial charge in [-0.1, -0.05) is 18.2 Å². The van der Waals surface area contributed by atoms with Gasteiger partial charge in [0.1, 0.15) is 0 Å². The van der Waals surface area contributed by atoms with Crippen LogP contribution >= 0.6 is 7.75 Å². The van der Waals surface area contributed by atoms with E-state index in [9.17, 15) is 4.57 Å². The van der Waals surface area contributed by atoms with Crippen molar-refractivity contribution in [1.29, 1.82) is 0 Å². The van der Waals surface area contributed by atoms with Crippen LogP contribution < -0.4 is 5.09 Å². The van der Waals surface area contributed by atoms with E-state index in [0.717, 1.165) is 0 Å². The number of rotatable bonds is 3. The Hall–Kier alpha value is -0.830. The monoisotopic (exact) mass is 187 g/mol. The number of benzene rings is 1. The van der Waals surface area contributed by atoms with Crippen molar-refractivity contribution in [2.45, 2.75) is 0 Å². The van der Waals surface area contributed by atoms with E-state index >= 15 is 0 Å². The van der Waals surface area contributed by atoms with Crippen molar-refractivity contribution in [2.75, 3.05) is 12.2 Å². The molecule has 0 aliphatic carbocycles. The summed E-state index contributed by atoms with van der Waals surface area (Å²) in [5, 5.41) is 2.36. The highest BCUT2D eigenvalue weighted by Crippen LogP contribution is 2.40. The zero-order chi connectivity index (χ0) is 9.03. The summed E-state index contributed by atoms with van der Waals surface area (Å²) in [6.45, 7) is 0. The van der Waals surface area contributed by atoms with Crippen LogP contribution in [0.2, 0.25) is 0 Å². The van der Waals surface area contributed by atoms with Gasteiger partial charge in [-0.2, -0.15) is 0 Å². The number of hydrogen-bond donors (Lipinski definition) is 2. The summed E-state index contributed by atoms with van der Waals surface area (Å²) >= 11 is 0. The van der Waals surface area contributed by atoms with E-state index in [1.165, 1.54) is 7.11 Å². The number of anilines is 1. The molecule has 1 rings (SSSR count). The first-order valence-electron chi connectivity index (χ1n) is 3.36. The number of para-hydroxylation sites is 1. The van der Waals surface area contributed by atoms with Crippen LogP contribution in [0.25, 0.3) is 0 Å². The van der Waals surface area contributed by atoms with E-state index in [0.29, 0.717) is 5.69 Å². The lowest BCUT2D eigenvalue weighted by molar-refractivity contribution is 0.322. The lowest BCUT2D eigenvalue weighted by Crippen LogP contribution is -1.96. The molecule has 1 aromatic carbocycles. The smallest absolute Gasteiger partial charge is 0.308 e. The van der Waals surface area contributed by atoms with Crippen molar-refractivity contribution < 1.29 is 14.0 Å². The van der Waals surface area contributed by atoms with Gasteiger partial charge in [0.05, 0.1) is 0 Å². The molecule has 1 atom stereocenters. The van der Waals surface area contributed by atoms with Gasteiger partial charge in [-0.25, -0.2) is 4.57 Å². The van der Waals surface area contributed by atoms with E-state index in [-0.39, 0.29) is 0 Å². The molecule has 0 aromatic heterocycles. The Bertz CT molecular complexity index is 288. The maximum Gasteiger partial charge on any atom is 0.429 e. The SMILES string of the molecule is COP(=O)(O)Nc1ccccc1. The van der Waals surface area contributed by atoms with Gasteiger partial charge in [0.15, 0.2) is 0 Å². The minimum absolute atomic E-state index is 0.560. The van der Waals surface area contributed by atoms with Gasteiger partial charge in [-0.05, 0) is 12.1 Å². The normalized spacial score (nSPS) is 15.2. The van der Waals surface area contributed by atoms with Gasteiger partial charge < -0.3 is 4.89 Å². The average Bonchev–Trinajstić information content (AvgIpc) is 2.06. The fourth-order valence-corrected chi connectivity index (χ4v) is 1.29. The Labute approximate surface area is 70.8 Å². The molecule has 2 N–H and O–H groups in total. The molecule has 1 unspecified atom stereocenters. The molecule has 12 heavy (non-hydrogen) atoms. The Morgan fingerprint density at radius 3 is 2.50 bits per heavy atom. The standard InChI is InChI=1S/C7H10NO3P/c1-11-12(9,10)8-7-5-3-2-4-6-7/h2-6H,1H3,(H2,8,9,10). The summed E-state index contributed by atoms with van der Waals surface area (Å²) in [6, 6.07) is 8.71. The molecular formula is C7H10NO3P. The second-order valence-electron chi connectivity index (χ2n) is 2.18. The van der Waals surface area contributed by atoms with E-state index < -0.39 is 7.75 Å². The zero-order valence-electron chi connectivity index (χ0n) is 6.60. The van der Waals surface area contributed by atoms with Gasteiger partial charge in [-0.15, -0.1) is 0 Å². The summed E-state index contributed by atoms with van der Waals surface area (Å²) in [7, 11) is -2.47. The van der Waals surface area contributed by atoms with Crippen LogP contribution in [-0.4, -0.2) is 12.0 Å². The maximum atomic E-state index is 11.0. The third-order valence-electron chi connectivity index (χ3n) is 1.29. The first kappa shape index (κ1) is 9.26. The topological polar surface area (TPSA) is 58.6 Å². The second-order valence-corrected chi connectivity index (χ2v) is 3.81. The molecule has 0 saturated carbocycles. The van der Waals surface area contributed by atoms with Crippen molar-refractivity contribution >= 4 is 13.4 Å². The summed E-state index contributed by atoms with van der Waals surface area (Å²) in [5.41, 5.74) is 0.560. The minimum atomic E-state index is -3.65. The van der Waals surface area contributed by atoms with Gasteiger partial charge >= 0.3 is 7.75 Å². The molecule has 0 fully saturated rings. The molecular weight excluding hydrogens is 177 g/mol. The molecule has 0 saturated heterocycles. The maximum absolute atomic E-state index is 11.0. The third-order valence-corrected chi connectivity index (χ3v) is 2.33. The van der Waals surface area contributed by atoms with Crippen molar-refractivity contribution in [1.82, 2.24) is 0 Å². The van der Waals surface area contributed by atoms with E-state index in [1.54, 1.807) is 24.3 Å². The van der Waals surface area contributed by atoms with Crippen molar-refractivity contribution in [3.8, 4) is 0 Å².